The van der Waals surface area contributed by atoms with Crippen molar-refractivity contribution in [3.8, 4) is 0 Å². The van der Waals surface area contributed by atoms with E-state index >= 15 is 0 Å². The van der Waals surface area contributed by atoms with Gasteiger partial charge in [-0.25, -0.2) is 0 Å². The average Bonchev–Trinajstić information content (AvgIpc) is 3.57. The van der Waals surface area contributed by atoms with Gasteiger partial charge in [-0.05, 0) is 38.6 Å². The number of likely N-dealkylation sites (tertiary alicyclic amines) is 1. The molecule has 2 atom stereocenters. The van der Waals surface area contributed by atoms with Crippen molar-refractivity contribution < 1.29 is 19.5 Å². The molecule has 32 heavy (non-hydrogen) atoms. The molecule has 184 valence electrons. The van der Waals surface area contributed by atoms with Gasteiger partial charge < -0.3 is 30.9 Å². The largest absolute Gasteiger partial charge is 0.481 e. The van der Waals surface area contributed by atoms with Gasteiger partial charge in [0.05, 0.1) is 18.9 Å². The van der Waals surface area contributed by atoms with Crippen LogP contribution in [0, 0.1) is 5.41 Å². The Morgan fingerprint density at radius 3 is 2.50 bits per heavy atom. The minimum absolute atomic E-state index is 0. The second kappa shape index (κ2) is 13.5. The summed E-state index contributed by atoms with van der Waals surface area (Å²) in [5.41, 5.74) is 5.62. The third-order valence-corrected chi connectivity index (χ3v) is 6.11. The number of carboxylic acids is 1. The lowest BCUT2D eigenvalue weighted by Crippen LogP contribution is -2.54. The fraction of sp³-hybridized carbons (Fsp3) is 0.810. The number of piperidine rings is 1. The van der Waals surface area contributed by atoms with Gasteiger partial charge in [0.15, 0.2) is 5.96 Å². The van der Waals surface area contributed by atoms with Crippen molar-refractivity contribution in [2.45, 2.75) is 76.4 Å². The van der Waals surface area contributed by atoms with Crippen LogP contribution < -0.4 is 11.1 Å². The van der Waals surface area contributed by atoms with E-state index in [9.17, 15) is 14.4 Å². The Bertz CT molecular complexity index is 660. The second-order valence-electron chi connectivity index (χ2n) is 8.60. The van der Waals surface area contributed by atoms with Crippen LogP contribution in [-0.2, 0) is 14.4 Å². The highest BCUT2D eigenvalue weighted by atomic mass is 35.5. The smallest absolute Gasteiger partial charge is 0.305 e. The van der Waals surface area contributed by atoms with Gasteiger partial charge in [0.25, 0.3) is 0 Å². The predicted molar refractivity (Wildman–Crippen MR) is 125 cm³/mol. The number of nitrogens with zero attached hydrogens (tertiary/aromatic N) is 3. The highest BCUT2D eigenvalue weighted by molar-refractivity contribution is 5.89. The zero-order valence-electron chi connectivity index (χ0n) is 19.2. The second-order valence-corrected chi connectivity index (χ2v) is 8.60. The van der Waals surface area contributed by atoms with Crippen LogP contribution in [0.1, 0.15) is 58.3 Å². The molecule has 2 rings (SSSR count). The number of amides is 2. The first-order valence-electron chi connectivity index (χ1n) is 11.3. The van der Waals surface area contributed by atoms with E-state index in [0.29, 0.717) is 19.6 Å². The van der Waals surface area contributed by atoms with Gasteiger partial charge in [-0.15, -0.1) is 12.4 Å². The zero-order valence-corrected chi connectivity index (χ0v) is 20.0. The number of rotatable bonds is 12. The zero-order chi connectivity index (χ0) is 23.0. The highest BCUT2D eigenvalue weighted by Crippen LogP contribution is 2.28. The van der Waals surface area contributed by atoms with Crippen molar-refractivity contribution in [3.05, 3.63) is 0 Å². The van der Waals surface area contributed by atoms with E-state index < -0.39 is 12.0 Å². The number of hydrogen-bond donors (Lipinski definition) is 4. The Kier molecular flexibility index (Phi) is 11.8. The van der Waals surface area contributed by atoms with Gasteiger partial charge in [0.2, 0.25) is 11.8 Å². The number of carbonyl (C=O) groups is 3. The van der Waals surface area contributed by atoms with E-state index in [0.717, 1.165) is 38.5 Å². The molecule has 1 heterocycles. The average molecular weight is 475 g/mol. The maximum atomic E-state index is 13.3. The number of likely N-dealkylation sites (N-methyl/N-ethyl adjacent to an activating group) is 1. The number of halogens is 1. The molecule has 0 aromatic carbocycles. The molecule has 2 amide bonds. The lowest BCUT2D eigenvalue weighted by Gasteiger charge is -2.38. The number of hydrogen-bond acceptors (Lipinski definition) is 5. The van der Waals surface area contributed by atoms with Crippen LogP contribution >= 0.6 is 12.4 Å². The maximum absolute atomic E-state index is 13.3. The Hall–Kier alpha value is -2.07. The van der Waals surface area contributed by atoms with Gasteiger partial charge in [0.1, 0.15) is 0 Å². The molecule has 0 spiro atoms. The molecule has 1 aliphatic heterocycles. The standard InChI is InChI=1S/C21H38N6O4.ClH/c1-3-4-10-24-17(20(31)27(15-7-8-15)12-9-19(29)30)13-18(28)25(2)16-6-5-11-26(14-16)21(22)23;/h15-17,24H,3-14H2,1-2H3,(H3,22,23)(H,29,30);1H/t16-,17-;/m0./s1. The van der Waals surface area contributed by atoms with Crippen molar-refractivity contribution in [2.24, 2.45) is 5.73 Å². The quantitative estimate of drug-likeness (QED) is 0.186. The Morgan fingerprint density at radius 2 is 1.94 bits per heavy atom. The Morgan fingerprint density at radius 1 is 1.25 bits per heavy atom. The predicted octanol–water partition coefficient (Wildman–Crippen LogP) is 0.839. The minimum atomic E-state index is -0.933. The SMILES string of the molecule is CCCCN[C@@H](CC(=O)N(C)[C@H]1CCCN(C(=N)N)C1)C(=O)N(CCC(=O)O)C1CC1.Cl. The summed E-state index contributed by atoms with van der Waals surface area (Å²) < 4.78 is 0. The first kappa shape index (κ1) is 28.0. The number of nitrogens with one attached hydrogen (secondary N) is 2. The molecule has 1 saturated heterocycles. The van der Waals surface area contributed by atoms with Crippen molar-refractivity contribution in [3.63, 3.8) is 0 Å². The maximum Gasteiger partial charge on any atom is 0.305 e. The molecule has 0 aromatic rings. The van der Waals surface area contributed by atoms with Gasteiger partial charge in [-0.2, -0.15) is 0 Å². The van der Waals surface area contributed by atoms with Gasteiger partial charge in [0, 0.05) is 38.8 Å². The van der Waals surface area contributed by atoms with E-state index in [2.05, 4.69) is 12.2 Å². The first-order chi connectivity index (χ1) is 14.7. The molecular formula is C21H39ClN6O4. The number of carbonyl (C=O) groups excluding carboxylic acids is 2. The van der Waals surface area contributed by atoms with Crippen LogP contribution in [-0.4, -0.2) is 94.9 Å². The topological polar surface area (TPSA) is 143 Å². The summed E-state index contributed by atoms with van der Waals surface area (Å²) in [5.74, 6) is -1.24. The van der Waals surface area contributed by atoms with Gasteiger partial charge >= 0.3 is 5.97 Å². The van der Waals surface area contributed by atoms with Crippen LogP contribution in [0.15, 0.2) is 0 Å². The summed E-state index contributed by atoms with van der Waals surface area (Å²) in [4.78, 5) is 42.4. The summed E-state index contributed by atoms with van der Waals surface area (Å²) >= 11 is 0. The van der Waals surface area contributed by atoms with E-state index in [-0.39, 0.29) is 61.7 Å². The lowest BCUT2D eigenvalue weighted by atomic mass is 10.0. The highest BCUT2D eigenvalue weighted by Gasteiger charge is 2.37. The Balaban J connectivity index is 0.00000512. The number of carboxylic acid groups (broad SMARTS) is 1. The molecular weight excluding hydrogens is 436 g/mol. The van der Waals surface area contributed by atoms with E-state index in [1.165, 1.54) is 0 Å². The molecule has 2 fully saturated rings. The van der Waals surface area contributed by atoms with E-state index in [4.69, 9.17) is 16.2 Å². The van der Waals surface area contributed by atoms with Gasteiger partial charge in [-0.1, -0.05) is 13.3 Å². The molecule has 0 aromatic heterocycles. The number of nitrogens with two attached hydrogens (primary N) is 1. The van der Waals surface area contributed by atoms with Crippen LogP contribution in [0.5, 0.6) is 0 Å². The van der Waals surface area contributed by atoms with Crippen LogP contribution in [0.3, 0.4) is 0 Å². The van der Waals surface area contributed by atoms with E-state index in [1.54, 1.807) is 21.7 Å². The molecule has 1 saturated carbocycles. The van der Waals surface area contributed by atoms with E-state index in [1.807, 2.05) is 0 Å². The first-order valence-corrected chi connectivity index (χ1v) is 11.3. The van der Waals surface area contributed by atoms with Crippen molar-refractivity contribution in [2.75, 3.05) is 33.2 Å². The molecule has 0 unspecified atom stereocenters. The summed E-state index contributed by atoms with van der Waals surface area (Å²) in [6, 6.07) is -0.635. The molecule has 0 radical (unpaired) electrons. The van der Waals surface area contributed by atoms with Crippen molar-refractivity contribution in [1.82, 2.24) is 20.0 Å². The third-order valence-electron chi connectivity index (χ3n) is 6.11. The molecule has 1 aliphatic carbocycles. The number of unbranched alkanes of at least 4 members (excludes halogenated alkanes) is 1. The van der Waals surface area contributed by atoms with Gasteiger partial charge in [-0.3, -0.25) is 19.8 Å². The van der Waals surface area contributed by atoms with Crippen LogP contribution in [0.25, 0.3) is 0 Å². The fourth-order valence-electron chi connectivity index (χ4n) is 3.99. The molecule has 0 bridgehead atoms. The molecule has 5 N–H and O–H groups in total. The monoisotopic (exact) mass is 474 g/mol. The summed E-state index contributed by atoms with van der Waals surface area (Å²) in [6.07, 6.45) is 5.24. The molecule has 10 nitrogen and oxygen atoms in total. The molecule has 11 heteroatoms. The summed E-state index contributed by atoms with van der Waals surface area (Å²) in [6.45, 7) is 4.10. The fourth-order valence-corrected chi connectivity index (χ4v) is 3.99. The molecule has 2 aliphatic rings. The van der Waals surface area contributed by atoms with Crippen LogP contribution in [0.2, 0.25) is 0 Å². The summed E-state index contributed by atoms with van der Waals surface area (Å²) in [7, 11) is 1.74. The normalized spacial score (nSPS) is 18.9. The summed E-state index contributed by atoms with van der Waals surface area (Å²) in [5, 5.41) is 19.9. The van der Waals surface area contributed by atoms with Crippen molar-refractivity contribution in [1.29, 1.82) is 5.41 Å². The lowest BCUT2D eigenvalue weighted by molar-refractivity contribution is -0.142. The van der Waals surface area contributed by atoms with Crippen LogP contribution in [0.4, 0.5) is 0 Å². The third kappa shape index (κ3) is 8.46. The number of guanidine groups is 1. The number of aliphatic carboxylic acids is 1. The van der Waals surface area contributed by atoms with Crippen molar-refractivity contribution >= 4 is 36.2 Å². The Labute approximate surface area is 196 Å². The minimum Gasteiger partial charge on any atom is -0.481 e.